The lowest BCUT2D eigenvalue weighted by atomic mass is 10.2. The summed E-state index contributed by atoms with van der Waals surface area (Å²) in [6.45, 7) is 3.54. The van der Waals surface area contributed by atoms with Crippen LogP contribution in [0.4, 0.5) is 4.39 Å². The summed E-state index contributed by atoms with van der Waals surface area (Å²) in [4.78, 5) is 0. The number of rotatable bonds is 0. The van der Waals surface area contributed by atoms with Gasteiger partial charge in [0, 0.05) is 0 Å². The van der Waals surface area contributed by atoms with E-state index in [0.717, 1.165) is 0 Å². The average molecular weight is 109 g/mol. The third kappa shape index (κ3) is 1.06. The minimum Gasteiger partial charge on any atom is -0.207 e. The highest BCUT2D eigenvalue weighted by Gasteiger charge is 1.84. The summed E-state index contributed by atoms with van der Waals surface area (Å²) in [6.07, 6.45) is 0. The molecular formula is C7H6F. The monoisotopic (exact) mass is 109 g/mol. The fraction of sp³-hybridized carbons (Fsp3) is 0. The van der Waals surface area contributed by atoms with E-state index in [1.165, 1.54) is 12.1 Å². The van der Waals surface area contributed by atoms with Gasteiger partial charge in [0.05, 0.1) is 0 Å². The molecular weight excluding hydrogens is 103 g/mol. The molecule has 0 saturated carbocycles. The van der Waals surface area contributed by atoms with Crippen molar-refractivity contribution in [1.82, 2.24) is 0 Å². The normalized spacial score (nSPS) is 9.25. The van der Waals surface area contributed by atoms with Gasteiger partial charge in [0.1, 0.15) is 5.82 Å². The van der Waals surface area contributed by atoms with E-state index in [1.54, 1.807) is 12.1 Å². The Morgan fingerprint density at radius 1 is 1.38 bits per heavy atom. The maximum absolute atomic E-state index is 12.1. The van der Waals surface area contributed by atoms with Crippen LogP contribution in [0.15, 0.2) is 24.3 Å². The van der Waals surface area contributed by atoms with Crippen molar-refractivity contribution >= 4 is 0 Å². The third-order valence-corrected chi connectivity index (χ3v) is 0.889. The van der Waals surface area contributed by atoms with E-state index in [4.69, 9.17) is 0 Å². The number of hydrogen-bond donors (Lipinski definition) is 0. The molecule has 0 aliphatic heterocycles. The largest absolute Gasteiger partial charge is 0.207 e. The summed E-state index contributed by atoms with van der Waals surface area (Å²) < 4.78 is 12.1. The van der Waals surface area contributed by atoms with Gasteiger partial charge in [-0.15, -0.1) is 0 Å². The second-order valence-electron chi connectivity index (χ2n) is 1.63. The van der Waals surface area contributed by atoms with E-state index >= 15 is 0 Å². The van der Waals surface area contributed by atoms with Gasteiger partial charge >= 0.3 is 0 Å². The number of benzene rings is 1. The zero-order chi connectivity index (χ0) is 5.98. The number of hydrogen-bond acceptors (Lipinski definition) is 0. The van der Waals surface area contributed by atoms with E-state index in [-0.39, 0.29) is 5.82 Å². The summed E-state index contributed by atoms with van der Waals surface area (Å²) in [5.41, 5.74) is 0.713. The summed E-state index contributed by atoms with van der Waals surface area (Å²) in [5, 5.41) is 0. The van der Waals surface area contributed by atoms with Gasteiger partial charge in [-0.2, -0.15) is 0 Å². The zero-order valence-electron chi connectivity index (χ0n) is 4.39. The molecule has 0 spiro atoms. The lowest BCUT2D eigenvalue weighted by Gasteiger charge is -1.87. The van der Waals surface area contributed by atoms with Gasteiger partial charge in [-0.3, -0.25) is 0 Å². The van der Waals surface area contributed by atoms with Gasteiger partial charge in [0.15, 0.2) is 0 Å². The van der Waals surface area contributed by atoms with Crippen LogP contribution in [0, 0.1) is 12.7 Å². The third-order valence-electron chi connectivity index (χ3n) is 0.889. The highest BCUT2D eigenvalue weighted by atomic mass is 19.1. The van der Waals surface area contributed by atoms with Gasteiger partial charge in [-0.1, -0.05) is 12.1 Å². The minimum absolute atomic E-state index is 0.225. The summed E-state index contributed by atoms with van der Waals surface area (Å²) in [5.74, 6) is -0.225. The molecule has 41 valence electrons. The van der Waals surface area contributed by atoms with E-state index in [2.05, 4.69) is 6.92 Å². The maximum Gasteiger partial charge on any atom is 0.123 e. The van der Waals surface area contributed by atoms with Crippen LogP contribution in [0.1, 0.15) is 5.56 Å². The summed E-state index contributed by atoms with van der Waals surface area (Å²) >= 11 is 0. The molecule has 0 aliphatic rings. The maximum atomic E-state index is 12.1. The standard InChI is InChI=1S/C7H6F/c1-6-3-2-4-7(8)5-6/h2-5H,1H2. The summed E-state index contributed by atoms with van der Waals surface area (Å²) in [7, 11) is 0. The van der Waals surface area contributed by atoms with Crippen molar-refractivity contribution in [3.8, 4) is 0 Å². The van der Waals surface area contributed by atoms with Crippen molar-refractivity contribution < 1.29 is 4.39 Å². The first-order chi connectivity index (χ1) is 3.79. The molecule has 0 heterocycles. The highest BCUT2D eigenvalue weighted by Crippen LogP contribution is 1.99. The molecule has 0 nitrogen and oxygen atoms in total. The molecule has 1 heteroatoms. The van der Waals surface area contributed by atoms with Crippen LogP contribution < -0.4 is 0 Å². The first-order valence-electron chi connectivity index (χ1n) is 2.36. The van der Waals surface area contributed by atoms with Crippen molar-refractivity contribution in [2.24, 2.45) is 0 Å². The van der Waals surface area contributed by atoms with Crippen molar-refractivity contribution in [2.75, 3.05) is 0 Å². The lowest BCUT2D eigenvalue weighted by Crippen LogP contribution is -1.72. The quantitative estimate of drug-likeness (QED) is 0.478. The molecule has 1 rings (SSSR count). The first-order valence-corrected chi connectivity index (χ1v) is 2.36. The molecule has 0 N–H and O–H groups in total. The van der Waals surface area contributed by atoms with Gasteiger partial charge < -0.3 is 0 Å². The molecule has 0 unspecified atom stereocenters. The van der Waals surface area contributed by atoms with E-state index in [9.17, 15) is 4.39 Å². The average Bonchev–Trinajstić information content (AvgIpc) is 1.64. The predicted octanol–water partition coefficient (Wildman–Crippen LogP) is 2.01. The Labute approximate surface area is 48.0 Å². The summed E-state index contributed by atoms with van der Waals surface area (Å²) in [6, 6.07) is 6.18. The molecule has 0 atom stereocenters. The SMILES string of the molecule is [CH2]c1cccc(F)c1. The fourth-order valence-corrected chi connectivity index (χ4v) is 0.537. The second kappa shape index (κ2) is 1.95. The highest BCUT2D eigenvalue weighted by molar-refractivity contribution is 5.18. The molecule has 1 radical (unpaired) electrons. The molecule has 0 amide bonds. The predicted molar refractivity (Wildman–Crippen MR) is 30.9 cm³/mol. The van der Waals surface area contributed by atoms with Crippen LogP contribution in [-0.4, -0.2) is 0 Å². The Morgan fingerprint density at radius 2 is 2.12 bits per heavy atom. The molecule has 1 aromatic carbocycles. The van der Waals surface area contributed by atoms with Gasteiger partial charge in [0.2, 0.25) is 0 Å². The lowest BCUT2D eigenvalue weighted by molar-refractivity contribution is 0.627. The molecule has 1 aromatic rings. The van der Waals surface area contributed by atoms with Crippen molar-refractivity contribution in [1.29, 1.82) is 0 Å². The van der Waals surface area contributed by atoms with E-state index in [0.29, 0.717) is 5.56 Å². The molecule has 0 aromatic heterocycles. The molecule has 0 bridgehead atoms. The molecule has 0 aliphatic carbocycles. The molecule has 8 heavy (non-hydrogen) atoms. The van der Waals surface area contributed by atoms with E-state index < -0.39 is 0 Å². The smallest absolute Gasteiger partial charge is 0.123 e. The Kier molecular flexibility index (Phi) is 1.29. The van der Waals surface area contributed by atoms with Gasteiger partial charge in [-0.05, 0) is 24.6 Å². The topological polar surface area (TPSA) is 0 Å². The van der Waals surface area contributed by atoms with Crippen LogP contribution >= 0.6 is 0 Å². The molecule has 0 fully saturated rings. The van der Waals surface area contributed by atoms with Crippen LogP contribution in [0.25, 0.3) is 0 Å². The number of halogens is 1. The fourth-order valence-electron chi connectivity index (χ4n) is 0.537. The first kappa shape index (κ1) is 5.29. The van der Waals surface area contributed by atoms with Crippen LogP contribution in [0.3, 0.4) is 0 Å². The second-order valence-corrected chi connectivity index (χ2v) is 1.63. The minimum atomic E-state index is -0.225. The van der Waals surface area contributed by atoms with Gasteiger partial charge in [0.25, 0.3) is 0 Å². The van der Waals surface area contributed by atoms with Crippen LogP contribution in [-0.2, 0) is 0 Å². The zero-order valence-corrected chi connectivity index (χ0v) is 4.39. The Bertz CT molecular complexity index is 164. The van der Waals surface area contributed by atoms with Crippen molar-refractivity contribution in [3.05, 3.63) is 42.6 Å². The van der Waals surface area contributed by atoms with Crippen LogP contribution in [0.5, 0.6) is 0 Å². The van der Waals surface area contributed by atoms with Gasteiger partial charge in [-0.25, -0.2) is 4.39 Å². The Balaban J connectivity index is 3.08. The Hall–Kier alpha value is -0.850. The molecule has 0 saturated heterocycles. The van der Waals surface area contributed by atoms with E-state index in [1.807, 2.05) is 0 Å². The van der Waals surface area contributed by atoms with Crippen molar-refractivity contribution in [2.45, 2.75) is 0 Å². The Morgan fingerprint density at radius 3 is 2.50 bits per heavy atom. The van der Waals surface area contributed by atoms with Crippen LogP contribution in [0.2, 0.25) is 0 Å². The van der Waals surface area contributed by atoms with Crippen molar-refractivity contribution in [3.63, 3.8) is 0 Å².